The van der Waals surface area contributed by atoms with Crippen LogP contribution in [0.1, 0.15) is 5.69 Å². The molecule has 0 spiro atoms. The van der Waals surface area contributed by atoms with Crippen LogP contribution in [0, 0.1) is 12.7 Å². The van der Waals surface area contributed by atoms with Crippen molar-refractivity contribution in [3.8, 4) is 16.8 Å². The molecule has 2 aromatic carbocycles. The number of nitrogens with one attached hydrogen (secondary N) is 1. The molecule has 0 radical (unpaired) electrons. The van der Waals surface area contributed by atoms with Crippen LogP contribution in [0.4, 0.5) is 4.39 Å². The summed E-state index contributed by atoms with van der Waals surface area (Å²) in [6.45, 7) is 1.99. The smallest absolute Gasteiger partial charge is 0.123 e. The number of aromatic amines is 1. The van der Waals surface area contributed by atoms with Crippen LogP contribution in [0.25, 0.3) is 27.8 Å². The summed E-state index contributed by atoms with van der Waals surface area (Å²) >= 11 is 0. The SMILES string of the molecule is Cc1[nH]ncc1-c1ccc2ncn(-c3ccc(F)cc3)c2c1. The second-order valence-electron chi connectivity index (χ2n) is 5.20. The number of aryl methyl sites for hydroxylation is 1. The second-order valence-corrected chi connectivity index (χ2v) is 5.20. The zero-order valence-electron chi connectivity index (χ0n) is 11.9. The van der Waals surface area contributed by atoms with Crippen LogP contribution in [-0.2, 0) is 0 Å². The lowest BCUT2D eigenvalue weighted by atomic mass is 10.1. The molecule has 0 bridgehead atoms. The van der Waals surface area contributed by atoms with E-state index in [-0.39, 0.29) is 5.82 Å². The lowest BCUT2D eigenvalue weighted by Crippen LogP contribution is -1.92. The van der Waals surface area contributed by atoms with Crippen molar-refractivity contribution in [2.24, 2.45) is 0 Å². The van der Waals surface area contributed by atoms with Gasteiger partial charge in [0.2, 0.25) is 0 Å². The maximum Gasteiger partial charge on any atom is 0.123 e. The molecule has 2 aromatic heterocycles. The molecular formula is C17H13FN4. The van der Waals surface area contributed by atoms with Crippen molar-refractivity contribution in [3.63, 3.8) is 0 Å². The molecule has 0 atom stereocenters. The fourth-order valence-electron chi connectivity index (χ4n) is 2.62. The van der Waals surface area contributed by atoms with E-state index in [1.165, 1.54) is 12.1 Å². The Kier molecular flexibility index (Phi) is 2.79. The Hall–Kier alpha value is -2.95. The predicted octanol–water partition coefficient (Wildman–Crippen LogP) is 3.86. The third-order valence-electron chi connectivity index (χ3n) is 3.79. The third kappa shape index (κ3) is 1.98. The highest BCUT2D eigenvalue weighted by molar-refractivity contribution is 5.83. The van der Waals surface area contributed by atoms with Gasteiger partial charge in [-0.15, -0.1) is 0 Å². The van der Waals surface area contributed by atoms with Crippen LogP contribution in [0.2, 0.25) is 0 Å². The molecule has 0 aliphatic rings. The number of imidazole rings is 1. The average Bonchev–Trinajstić information content (AvgIpc) is 3.13. The maximum absolute atomic E-state index is 13.1. The summed E-state index contributed by atoms with van der Waals surface area (Å²) in [6.07, 6.45) is 3.57. The highest BCUT2D eigenvalue weighted by Gasteiger charge is 2.09. The van der Waals surface area contributed by atoms with Gasteiger partial charge in [-0.05, 0) is 48.9 Å². The van der Waals surface area contributed by atoms with Gasteiger partial charge >= 0.3 is 0 Å². The number of rotatable bonds is 2. The van der Waals surface area contributed by atoms with Gasteiger partial charge in [-0.2, -0.15) is 5.10 Å². The number of H-pyrrole nitrogens is 1. The highest BCUT2D eigenvalue weighted by atomic mass is 19.1. The normalized spacial score (nSPS) is 11.2. The summed E-state index contributed by atoms with van der Waals surface area (Å²) in [4.78, 5) is 4.41. The van der Waals surface area contributed by atoms with Crippen molar-refractivity contribution >= 4 is 11.0 Å². The number of hydrogen-bond donors (Lipinski definition) is 1. The first-order valence-corrected chi connectivity index (χ1v) is 6.96. The van der Waals surface area contributed by atoms with Crippen molar-refractivity contribution in [3.05, 3.63) is 66.5 Å². The van der Waals surface area contributed by atoms with Crippen molar-refractivity contribution < 1.29 is 4.39 Å². The Morgan fingerprint density at radius 2 is 1.91 bits per heavy atom. The van der Waals surface area contributed by atoms with Gasteiger partial charge in [-0.25, -0.2) is 9.37 Å². The summed E-state index contributed by atoms with van der Waals surface area (Å²) in [5, 5.41) is 7.01. The number of nitrogens with zero attached hydrogens (tertiary/aromatic N) is 3. The molecule has 2 heterocycles. The molecule has 0 aliphatic heterocycles. The van der Waals surface area contributed by atoms with Gasteiger partial charge in [-0.3, -0.25) is 9.67 Å². The standard InChI is InChI=1S/C17H13FN4/c1-11-15(9-20-21-11)12-2-7-16-17(8-12)22(10-19-16)14-5-3-13(18)4-6-14/h2-10H,1H3,(H,20,21). The minimum absolute atomic E-state index is 0.247. The van der Waals surface area contributed by atoms with Crippen molar-refractivity contribution in [2.75, 3.05) is 0 Å². The van der Waals surface area contributed by atoms with E-state index in [0.29, 0.717) is 0 Å². The van der Waals surface area contributed by atoms with Gasteiger partial charge in [0.05, 0.1) is 17.2 Å². The van der Waals surface area contributed by atoms with E-state index in [9.17, 15) is 4.39 Å². The molecule has 0 unspecified atom stereocenters. The molecule has 0 aliphatic carbocycles. The minimum atomic E-state index is -0.247. The average molecular weight is 292 g/mol. The largest absolute Gasteiger partial charge is 0.299 e. The van der Waals surface area contributed by atoms with E-state index >= 15 is 0 Å². The van der Waals surface area contributed by atoms with E-state index in [4.69, 9.17) is 0 Å². The van der Waals surface area contributed by atoms with Crippen LogP contribution in [0.5, 0.6) is 0 Å². The first-order valence-electron chi connectivity index (χ1n) is 6.96. The molecule has 5 heteroatoms. The number of fused-ring (bicyclic) bond motifs is 1. The molecule has 22 heavy (non-hydrogen) atoms. The van der Waals surface area contributed by atoms with Gasteiger partial charge in [0.25, 0.3) is 0 Å². The Morgan fingerprint density at radius 1 is 1.09 bits per heavy atom. The Morgan fingerprint density at radius 3 is 2.64 bits per heavy atom. The van der Waals surface area contributed by atoms with Gasteiger partial charge in [-0.1, -0.05) is 6.07 Å². The van der Waals surface area contributed by atoms with Crippen molar-refractivity contribution in [2.45, 2.75) is 6.92 Å². The van der Waals surface area contributed by atoms with E-state index in [2.05, 4.69) is 21.2 Å². The Bertz CT molecular complexity index is 950. The predicted molar refractivity (Wildman–Crippen MR) is 83.3 cm³/mol. The van der Waals surface area contributed by atoms with Crippen LogP contribution < -0.4 is 0 Å². The molecule has 0 saturated heterocycles. The van der Waals surface area contributed by atoms with Crippen LogP contribution in [0.15, 0.2) is 55.0 Å². The summed E-state index contributed by atoms with van der Waals surface area (Å²) in [5.74, 6) is -0.247. The van der Waals surface area contributed by atoms with Crippen LogP contribution >= 0.6 is 0 Å². The fourth-order valence-corrected chi connectivity index (χ4v) is 2.62. The summed E-state index contributed by atoms with van der Waals surface area (Å²) in [6, 6.07) is 12.5. The van der Waals surface area contributed by atoms with Crippen LogP contribution in [-0.4, -0.2) is 19.7 Å². The topological polar surface area (TPSA) is 46.5 Å². The highest BCUT2D eigenvalue weighted by Crippen LogP contribution is 2.27. The number of benzene rings is 2. The van der Waals surface area contributed by atoms with Crippen molar-refractivity contribution in [1.82, 2.24) is 19.7 Å². The van der Waals surface area contributed by atoms with E-state index < -0.39 is 0 Å². The molecule has 4 rings (SSSR count). The first-order chi connectivity index (χ1) is 10.7. The molecule has 0 saturated carbocycles. The first kappa shape index (κ1) is 12.8. The lowest BCUT2D eigenvalue weighted by Gasteiger charge is -2.06. The quantitative estimate of drug-likeness (QED) is 0.609. The summed E-state index contributed by atoms with van der Waals surface area (Å²) in [5.41, 5.74) is 5.91. The second kappa shape index (κ2) is 4.80. The van der Waals surface area contributed by atoms with Crippen LogP contribution in [0.3, 0.4) is 0 Å². The van der Waals surface area contributed by atoms with E-state index in [1.807, 2.05) is 29.8 Å². The fraction of sp³-hybridized carbons (Fsp3) is 0.0588. The minimum Gasteiger partial charge on any atom is -0.299 e. The van der Waals surface area contributed by atoms with Gasteiger partial charge in [0, 0.05) is 16.9 Å². The lowest BCUT2D eigenvalue weighted by molar-refractivity contribution is 0.627. The third-order valence-corrected chi connectivity index (χ3v) is 3.79. The summed E-state index contributed by atoms with van der Waals surface area (Å²) in [7, 11) is 0. The van der Waals surface area contributed by atoms with Gasteiger partial charge in [0.15, 0.2) is 0 Å². The molecule has 1 N–H and O–H groups in total. The van der Waals surface area contributed by atoms with Gasteiger partial charge < -0.3 is 0 Å². The molecule has 108 valence electrons. The monoisotopic (exact) mass is 292 g/mol. The maximum atomic E-state index is 13.1. The van der Waals surface area contributed by atoms with E-state index in [1.54, 1.807) is 18.5 Å². The molecule has 0 fully saturated rings. The number of hydrogen-bond acceptors (Lipinski definition) is 2. The van der Waals surface area contributed by atoms with Crippen molar-refractivity contribution in [1.29, 1.82) is 0 Å². The zero-order chi connectivity index (χ0) is 15.1. The van der Waals surface area contributed by atoms with Gasteiger partial charge in [0.1, 0.15) is 12.1 Å². The number of halogens is 1. The Balaban J connectivity index is 1.90. The molecule has 4 aromatic rings. The molecule has 4 nitrogen and oxygen atoms in total. The molecular weight excluding hydrogens is 279 g/mol. The van der Waals surface area contributed by atoms with E-state index in [0.717, 1.165) is 33.5 Å². The number of aromatic nitrogens is 4. The Labute approximate surface area is 126 Å². The summed E-state index contributed by atoms with van der Waals surface area (Å²) < 4.78 is 15.1. The zero-order valence-corrected chi connectivity index (χ0v) is 11.9. The molecule has 0 amide bonds.